The minimum atomic E-state index is -0.718. The molecule has 0 radical (unpaired) electrons. The van der Waals surface area contributed by atoms with Crippen molar-refractivity contribution in [1.82, 2.24) is 15.0 Å². The zero-order chi connectivity index (χ0) is 19.6. The maximum Gasteiger partial charge on any atom is 0.315 e. The Morgan fingerprint density at radius 3 is 2.96 bits per heavy atom. The number of benzene rings is 1. The lowest BCUT2D eigenvalue weighted by Gasteiger charge is -2.07. The predicted molar refractivity (Wildman–Crippen MR) is 101 cm³/mol. The smallest absolute Gasteiger partial charge is 0.315 e. The summed E-state index contributed by atoms with van der Waals surface area (Å²) in [6.07, 6.45) is 3.00. The van der Waals surface area contributed by atoms with Crippen LogP contribution < -0.4 is 4.74 Å². The van der Waals surface area contributed by atoms with Crippen molar-refractivity contribution in [3.63, 3.8) is 0 Å². The third kappa shape index (κ3) is 3.73. The highest BCUT2D eigenvalue weighted by Crippen LogP contribution is 2.38. The molecule has 136 valence electrons. The van der Waals surface area contributed by atoms with Crippen LogP contribution in [0.1, 0.15) is 18.3 Å². The lowest BCUT2D eigenvalue weighted by Crippen LogP contribution is -1.96. The second kappa shape index (κ2) is 7.43. The number of nitriles is 1. The number of nitrogens with zero attached hydrogens (tertiary/aromatic N) is 4. The maximum atomic E-state index is 11.2. The Balaban J connectivity index is 2.11. The first-order chi connectivity index (χ1) is 12.9. The van der Waals surface area contributed by atoms with Crippen molar-refractivity contribution in [3.8, 4) is 17.6 Å². The highest BCUT2D eigenvalue weighted by Gasteiger charge is 2.20. The van der Waals surface area contributed by atoms with Crippen molar-refractivity contribution in [2.75, 3.05) is 6.61 Å². The summed E-state index contributed by atoms with van der Waals surface area (Å²) in [5.41, 5.74) is 1.01. The number of hydrogen-bond donors (Lipinski definition) is 2. The Labute approximate surface area is 161 Å². The zero-order valence-electron chi connectivity index (χ0n) is 13.9. The quantitative estimate of drug-likeness (QED) is 0.357. The first-order valence-corrected chi connectivity index (χ1v) is 8.49. The minimum Gasteiger partial charge on any atom is -0.500 e. The molecule has 0 atom stereocenters. The van der Waals surface area contributed by atoms with Crippen LogP contribution in [0.25, 0.3) is 22.8 Å². The predicted octanol–water partition coefficient (Wildman–Crippen LogP) is 3.80. The van der Waals surface area contributed by atoms with Gasteiger partial charge in [0.2, 0.25) is 5.75 Å². The number of nitrogens with one attached hydrogen (secondary N) is 1. The number of fused-ring (bicyclic) bond motifs is 1. The van der Waals surface area contributed by atoms with E-state index in [2.05, 4.69) is 30.9 Å². The summed E-state index contributed by atoms with van der Waals surface area (Å²) in [7, 11) is 0. The number of aromatic amines is 1. The third-order valence-electron chi connectivity index (χ3n) is 3.56. The summed E-state index contributed by atoms with van der Waals surface area (Å²) in [5, 5.41) is 30.6. The molecule has 10 heteroatoms. The summed E-state index contributed by atoms with van der Waals surface area (Å²) in [6, 6.07) is 6.36. The number of phenolic OH excluding ortho intramolecular Hbond substituents is 1. The SMILES string of the molecule is CCOc1cc(C=C(C#N)c2nc3ncc(Br)cc3[nH]2)cc([N+](=O)[O-])c1O. The Hall–Kier alpha value is -3.45. The first kappa shape index (κ1) is 18.3. The van der Waals surface area contributed by atoms with E-state index < -0.39 is 16.4 Å². The van der Waals surface area contributed by atoms with Crippen LogP contribution in [0.2, 0.25) is 0 Å². The topological polar surface area (TPSA) is 138 Å². The van der Waals surface area contributed by atoms with Gasteiger partial charge in [0.1, 0.15) is 6.07 Å². The van der Waals surface area contributed by atoms with Gasteiger partial charge in [0, 0.05) is 16.7 Å². The van der Waals surface area contributed by atoms with E-state index in [9.17, 15) is 20.5 Å². The fraction of sp³-hybridized carbons (Fsp3) is 0.118. The number of aromatic nitrogens is 3. The van der Waals surface area contributed by atoms with E-state index in [1.165, 1.54) is 12.1 Å². The van der Waals surface area contributed by atoms with E-state index in [1.807, 2.05) is 6.07 Å². The van der Waals surface area contributed by atoms with Crippen LogP contribution in [0.4, 0.5) is 5.69 Å². The van der Waals surface area contributed by atoms with Crippen LogP contribution in [0.5, 0.6) is 11.5 Å². The largest absolute Gasteiger partial charge is 0.500 e. The Kier molecular flexibility index (Phi) is 5.05. The van der Waals surface area contributed by atoms with Crippen LogP contribution in [-0.2, 0) is 0 Å². The van der Waals surface area contributed by atoms with Crippen molar-refractivity contribution in [2.24, 2.45) is 0 Å². The average molecular weight is 430 g/mol. The van der Waals surface area contributed by atoms with Gasteiger partial charge in [-0.25, -0.2) is 9.97 Å². The summed E-state index contributed by atoms with van der Waals surface area (Å²) in [6.45, 7) is 1.90. The summed E-state index contributed by atoms with van der Waals surface area (Å²) in [5.74, 6) is -0.326. The Bertz CT molecular complexity index is 1120. The molecule has 2 N–H and O–H groups in total. The first-order valence-electron chi connectivity index (χ1n) is 7.70. The molecule has 0 unspecified atom stereocenters. The van der Waals surface area contributed by atoms with Gasteiger partial charge in [-0.1, -0.05) is 0 Å². The molecule has 0 aliphatic heterocycles. The van der Waals surface area contributed by atoms with Crippen molar-refractivity contribution < 1.29 is 14.8 Å². The van der Waals surface area contributed by atoms with Crippen LogP contribution in [0, 0.1) is 21.4 Å². The summed E-state index contributed by atoms with van der Waals surface area (Å²) >= 11 is 3.31. The second-order valence-electron chi connectivity index (χ2n) is 5.36. The second-order valence-corrected chi connectivity index (χ2v) is 6.27. The highest BCUT2D eigenvalue weighted by molar-refractivity contribution is 9.10. The van der Waals surface area contributed by atoms with Gasteiger partial charge < -0.3 is 14.8 Å². The van der Waals surface area contributed by atoms with Gasteiger partial charge in [-0.3, -0.25) is 10.1 Å². The summed E-state index contributed by atoms with van der Waals surface area (Å²) < 4.78 is 6.00. The average Bonchev–Trinajstić information content (AvgIpc) is 3.04. The van der Waals surface area contributed by atoms with Crippen molar-refractivity contribution in [2.45, 2.75) is 6.92 Å². The molecule has 1 aromatic carbocycles. The molecule has 3 rings (SSSR count). The molecule has 0 aliphatic carbocycles. The lowest BCUT2D eigenvalue weighted by atomic mass is 10.1. The van der Waals surface area contributed by atoms with Gasteiger partial charge in [0.15, 0.2) is 17.2 Å². The molecule has 0 saturated carbocycles. The summed E-state index contributed by atoms with van der Waals surface area (Å²) in [4.78, 5) is 21.9. The number of hydrogen-bond acceptors (Lipinski definition) is 7. The Morgan fingerprint density at radius 1 is 1.52 bits per heavy atom. The number of H-pyrrole nitrogens is 1. The fourth-order valence-corrected chi connectivity index (χ4v) is 2.76. The number of halogens is 1. The minimum absolute atomic E-state index is 0.0366. The zero-order valence-corrected chi connectivity index (χ0v) is 15.5. The monoisotopic (exact) mass is 429 g/mol. The van der Waals surface area contributed by atoms with E-state index in [0.29, 0.717) is 16.7 Å². The van der Waals surface area contributed by atoms with E-state index in [0.717, 1.165) is 10.5 Å². The lowest BCUT2D eigenvalue weighted by molar-refractivity contribution is -0.386. The molecule has 0 amide bonds. The molecule has 0 spiro atoms. The molecular formula is C17H12BrN5O4. The molecular weight excluding hydrogens is 418 g/mol. The molecule has 27 heavy (non-hydrogen) atoms. The molecule has 0 aliphatic rings. The number of ether oxygens (including phenoxy) is 1. The van der Waals surface area contributed by atoms with E-state index in [-0.39, 0.29) is 23.8 Å². The van der Waals surface area contributed by atoms with E-state index in [4.69, 9.17) is 4.74 Å². The fourth-order valence-electron chi connectivity index (χ4n) is 2.42. The van der Waals surface area contributed by atoms with Crippen LogP contribution in [-0.4, -0.2) is 31.6 Å². The number of allylic oxidation sites excluding steroid dienone is 1. The maximum absolute atomic E-state index is 11.2. The number of nitro benzene ring substituents is 1. The van der Waals surface area contributed by atoms with E-state index in [1.54, 1.807) is 19.2 Å². The van der Waals surface area contributed by atoms with Crippen LogP contribution >= 0.6 is 15.9 Å². The van der Waals surface area contributed by atoms with E-state index >= 15 is 0 Å². The number of aromatic hydroxyl groups is 1. The van der Waals surface area contributed by atoms with Gasteiger partial charge >= 0.3 is 5.69 Å². The molecule has 2 heterocycles. The molecule has 0 saturated heterocycles. The van der Waals surface area contributed by atoms with Gasteiger partial charge in [-0.2, -0.15) is 5.26 Å². The molecule has 3 aromatic rings. The van der Waals surface area contributed by atoms with Gasteiger partial charge in [-0.05, 0) is 46.6 Å². The number of pyridine rings is 1. The Morgan fingerprint density at radius 2 is 2.30 bits per heavy atom. The van der Waals surface area contributed by atoms with Crippen molar-refractivity contribution in [3.05, 3.63) is 50.4 Å². The van der Waals surface area contributed by atoms with Gasteiger partial charge in [0.05, 0.1) is 22.6 Å². The molecule has 9 nitrogen and oxygen atoms in total. The number of imidazole rings is 1. The van der Waals surface area contributed by atoms with Gasteiger partial charge in [-0.15, -0.1) is 0 Å². The van der Waals surface area contributed by atoms with Crippen LogP contribution in [0.3, 0.4) is 0 Å². The molecule has 0 bridgehead atoms. The van der Waals surface area contributed by atoms with Crippen molar-refractivity contribution in [1.29, 1.82) is 5.26 Å². The number of rotatable bonds is 5. The highest BCUT2D eigenvalue weighted by atomic mass is 79.9. The number of phenols is 1. The van der Waals surface area contributed by atoms with Gasteiger partial charge in [0.25, 0.3) is 0 Å². The number of nitro groups is 1. The normalized spacial score (nSPS) is 11.4. The molecule has 0 fully saturated rings. The van der Waals surface area contributed by atoms with Crippen LogP contribution in [0.15, 0.2) is 28.9 Å². The van der Waals surface area contributed by atoms with Crippen molar-refractivity contribution >= 4 is 44.4 Å². The molecule has 2 aromatic heterocycles. The standard InChI is InChI=1S/C17H12BrN5O4/c1-2-27-14-5-9(4-13(15(14)24)23(25)26)3-10(7-19)16-21-12-6-11(18)8-20-17(12)22-16/h3-6,8,24H,2H2,1H3,(H,20,21,22). The third-order valence-corrected chi connectivity index (χ3v) is 4.00.